The van der Waals surface area contributed by atoms with Gasteiger partial charge in [0.1, 0.15) is 19.0 Å². The van der Waals surface area contributed by atoms with Crippen LogP contribution in [0.1, 0.15) is 0 Å². The van der Waals surface area contributed by atoms with Crippen molar-refractivity contribution in [2.24, 2.45) is 16.7 Å². The van der Waals surface area contributed by atoms with Gasteiger partial charge in [0.2, 0.25) is 5.41 Å². The first kappa shape index (κ1) is 27.7. The number of aliphatic hydroxyl groups excluding tert-OH is 1. The van der Waals surface area contributed by atoms with Crippen LogP contribution in [0.4, 0.5) is 79.0 Å². The van der Waals surface area contributed by atoms with E-state index in [1.807, 2.05) is 0 Å². The van der Waals surface area contributed by atoms with Crippen LogP contribution in [0, 0.1) is 16.7 Å². The highest BCUT2D eigenvalue weighted by atomic mass is 19.4. The van der Waals surface area contributed by atoms with E-state index in [-0.39, 0.29) is 0 Å². The predicted molar refractivity (Wildman–Crippen MR) is 59.3 cm³/mol. The SMILES string of the molecule is OC1C(F)(C(F)(F)F)C(C(F)(F)F)(C(F)(F)F)C(C(F)CF)C1(C(F)(F)F)C(F)(F)F. The summed E-state index contributed by atoms with van der Waals surface area (Å²) in [7, 11) is 0. The molecule has 4 atom stereocenters. The van der Waals surface area contributed by atoms with E-state index in [0.717, 1.165) is 0 Å². The Balaban J connectivity index is 4.63. The number of halogens is 18. The number of aliphatic hydroxyl groups is 1. The molecule has 19 heteroatoms. The maximum Gasteiger partial charge on any atom is 0.426 e. The lowest BCUT2D eigenvalue weighted by Gasteiger charge is -2.47. The van der Waals surface area contributed by atoms with Crippen LogP contribution in [0.15, 0.2) is 0 Å². The zero-order chi connectivity index (χ0) is 25.4. The van der Waals surface area contributed by atoms with Crippen molar-refractivity contribution in [1.82, 2.24) is 0 Å². The van der Waals surface area contributed by atoms with Gasteiger partial charge in [0.05, 0.1) is 0 Å². The molecule has 0 saturated heterocycles. The number of hydrogen-bond acceptors (Lipinski definition) is 1. The summed E-state index contributed by atoms with van der Waals surface area (Å²) in [5, 5.41) is 9.12. The Hall–Kier alpha value is -1.30. The third-order valence-electron chi connectivity index (χ3n) is 5.09. The monoisotopic (exact) mass is 508 g/mol. The Morgan fingerprint density at radius 2 is 0.968 bits per heavy atom. The average Bonchev–Trinajstić information content (AvgIpc) is 2.68. The largest absolute Gasteiger partial charge is 0.426 e. The van der Waals surface area contributed by atoms with E-state index in [2.05, 4.69) is 0 Å². The zero-order valence-electron chi connectivity index (χ0n) is 13.7. The second kappa shape index (κ2) is 6.85. The summed E-state index contributed by atoms with van der Waals surface area (Å²) in [6.45, 7) is -3.56. The van der Waals surface area contributed by atoms with Crippen LogP contribution in [-0.4, -0.2) is 60.6 Å². The molecular weight excluding hydrogens is 502 g/mol. The summed E-state index contributed by atoms with van der Waals surface area (Å²) in [5.41, 5.74) is -23.2. The van der Waals surface area contributed by atoms with Gasteiger partial charge in [0.15, 0.2) is 5.41 Å². The third kappa shape index (κ3) is 2.99. The molecule has 0 bridgehead atoms. The second-order valence-electron chi connectivity index (χ2n) is 6.43. The molecule has 0 aromatic rings. The van der Waals surface area contributed by atoms with Gasteiger partial charge in [0, 0.05) is 5.92 Å². The van der Waals surface area contributed by atoms with Crippen molar-refractivity contribution in [3.05, 3.63) is 0 Å². The fourth-order valence-electron chi connectivity index (χ4n) is 4.04. The Bertz CT molecular complexity index is 635. The summed E-state index contributed by atoms with van der Waals surface area (Å²) in [4.78, 5) is 0. The molecule has 0 heterocycles. The lowest BCUT2D eigenvalue weighted by Crippen LogP contribution is -2.71. The Morgan fingerprint density at radius 1 is 0.645 bits per heavy atom. The molecule has 0 amide bonds. The quantitative estimate of drug-likeness (QED) is 0.470. The Morgan fingerprint density at radius 3 is 1.16 bits per heavy atom. The first-order valence-corrected chi connectivity index (χ1v) is 7.16. The van der Waals surface area contributed by atoms with Crippen LogP contribution >= 0.6 is 0 Å². The lowest BCUT2D eigenvalue weighted by molar-refractivity contribution is -0.433. The summed E-state index contributed by atoms with van der Waals surface area (Å²) in [5.74, 6) is -6.26. The average molecular weight is 508 g/mol. The van der Waals surface area contributed by atoms with Crippen LogP contribution in [0.5, 0.6) is 0 Å². The molecule has 0 radical (unpaired) electrons. The van der Waals surface area contributed by atoms with E-state index < -0.39 is 72.2 Å². The summed E-state index contributed by atoms with van der Waals surface area (Å²) >= 11 is 0. The van der Waals surface area contributed by atoms with Gasteiger partial charge < -0.3 is 5.11 Å². The van der Waals surface area contributed by atoms with Crippen molar-refractivity contribution in [3.63, 3.8) is 0 Å². The molecule has 4 unspecified atom stereocenters. The fraction of sp³-hybridized carbons (Fsp3) is 1.00. The van der Waals surface area contributed by atoms with Crippen molar-refractivity contribution in [1.29, 1.82) is 0 Å². The predicted octanol–water partition coefficient (Wildman–Crippen LogP) is 5.78. The van der Waals surface area contributed by atoms with Crippen molar-refractivity contribution in [2.75, 3.05) is 6.67 Å². The van der Waals surface area contributed by atoms with Gasteiger partial charge >= 0.3 is 30.9 Å². The maximum absolute atomic E-state index is 14.7. The van der Waals surface area contributed by atoms with Gasteiger partial charge in [-0.3, -0.25) is 0 Å². The van der Waals surface area contributed by atoms with Gasteiger partial charge in [-0.1, -0.05) is 0 Å². The molecule has 186 valence electrons. The van der Waals surface area contributed by atoms with E-state index in [0.29, 0.717) is 0 Å². The standard InChI is InChI=1S/C12H6F18O/c13-1-2(14)3-5(8(16,17)18,9(19,20)21)4(31)7(15,12(28,29)30)6(3,10(22,23)24)11(25,26)27/h2-4,31H,1H2. The Labute approximate surface area is 158 Å². The molecule has 0 spiro atoms. The first-order chi connectivity index (χ1) is 13.3. The zero-order valence-corrected chi connectivity index (χ0v) is 13.7. The molecule has 1 fully saturated rings. The highest BCUT2D eigenvalue weighted by Crippen LogP contribution is 2.81. The maximum atomic E-state index is 14.7. The van der Waals surface area contributed by atoms with Crippen molar-refractivity contribution in [3.8, 4) is 0 Å². The molecule has 0 aliphatic heterocycles. The Kier molecular flexibility index (Phi) is 6.13. The van der Waals surface area contributed by atoms with Gasteiger partial charge in [-0.25, -0.2) is 13.2 Å². The van der Waals surface area contributed by atoms with Crippen molar-refractivity contribution in [2.45, 2.75) is 48.8 Å². The first-order valence-electron chi connectivity index (χ1n) is 7.16. The van der Waals surface area contributed by atoms with Gasteiger partial charge in [-0.15, -0.1) is 0 Å². The molecule has 0 aromatic heterocycles. The highest BCUT2D eigenvalue weighted by molar-refractivity contribution is 5.32. The number of alkyl halides is 18. The third-order valence-corrected chi connectivity index (χ3v) is 5.09. The smallest absolute Gasteiger partial charge is 0.388 e. The van der Waals surface area contributed by atoms with Crippen LogP contribution in [0.25, 0.3) is 0 Å². The second-order valence-corrected chi connectivity index (χ2v) is 6.43. The fourth-order valence-corrected chi connectivity index (χ4v) is 4.04. The molecule has 1 nitrogen and oxygen atoms in total. The molecule has 1 aliphatic carbocycles. The molecular formula is C12H6F18O. The van der Waals surface area contributed by atoms with E-state index >= 15 is 0 Å². The van der Waals surface area contributed by atoms with Gasteiger partial charge in [-0.05, 0) is 0 Å². The van der Waals surface area contributed by atoms with Crippen molar-refractivity contribution < 1.29 is 84.1 Å². The minimum absolute atomic E-state index is 3.56. The van der Waals surface area contributed by atoms with Crippen LogP contribution in [0.2, 0.25) is 0 Å². The molecule has 0 aromatic carbocycles. The lowest BCUT2D eigenvalue weighted by atomic mass is 9.62. The van der Waals surface area contributed by atoms with Crippen molar-refractivity contribution >= 4 is 0 Å². The minimum atomic E-state index is -8.11. The minimum Gasteiger partial charge on any atom is -0.388 e. The van der Waals surface area contributed by atoms with Gasteiger partial charge in [-0.2, -0.15) is 65.9 Å². The summed E-state index contributed by atoms with van der Waals surface area (Å²) in [6, 6.07) is 0. The van der Waals surface area contributed by atoms with Crippen LogP contribution < -0.4 is 0 Å². The van der Waals surface area contributed by atoms with E-state index in [1.54, 1.807) is 0 Å². The molecule has 1 saturated carbocycles. The van der Waals surface area contributed by atoms with Crippen LogP contribution in [0.3, 0.4) is 0 Å². The van der Waals surface area contributed by atoms with Crippen LogP contribution in [-0.2, 0) is 0 Å². The number of hydrogen-bond donors (Lipinski definition) is 1. The van der Waals surface area contributed by atoms with E-state index in [1.165, 1.54) is 0 Å². The topological polar surface area (TPSA) is 20.2 Å². The molecule has 1 N–H and O–H groups in total. The van der Waals surface area contributed by atoms with Gasteiger partial charge in [0.25, 0.3) is 5.67 Å². The molecule has 1 rings (SSSR count). The molecule has 31 heavy (non-hydrogen) atoms. The normalized spacial score (nSPS) is 31.1. The summed E-state index contributed by atoms with van der Waals surface area (Å²) in [6.07, 6.45) is -51.4. The summed E-state index contributed by atoms with van der Waals surface area (Å²) < 4.78 is 241. The van der Waals surface area contributed by atoms with E-state index in [9.17, 15) is 79.0 Å². The molecule has 1 aliphatic rings. The number of rotatable bonds is 2. The highest BCUT2D eigenvalue weighted by Gasteiger charge is 3.04. The van der Waals surface area contributed by atoms with E-state index in [4.69, 9.17) is 5.11 Å².